The van der Waals surface area contributed by atoms with Crippen LogP contribution in [0, 0.1) is 5.82 Å². The van der Waals surface area contributed by atoms with Crippen LogP contribution in [0.3, 0.4) is 0 Å². The molecule has 0 spiro atoms. The Hall–Kier alpha value is -2.31. The highest BCUT2D eigenvalue weighted by atomic mass is 19.1. The van der Waals surface area contributed by atoms with Gasteiger partial charge in [-0.3, -0.25) is 4.79 Å². The molecule has 1 aromatic heterocycles. The molecule has 0 aliphatic rings. The van der Waals surface area contributed by atoms with Crippen LogP contribution in [0.25, 0.3) is 0 Å². The predicted molar refractivity (Wildman–Crippen MR) is 54.7 cm³/mol. The van der Waals surface area contributed by atoms with Crippen molar-refractivity contribution in [1.29, 1.82) is 0 Å². The fourth-order valence-corrected chi connectivity index (χ4v) is 1.40. The number of carbonyl (C=O) groups is 1. The maximum atomic E-state index is 13.4. The molecule has 0 saturated heterocycles. The van der Waals surface area contributed by atoms with Crippen LogP contribution in [-0.4, -0.2) is 31.3 Å². The molecule has 2 rings (SSSR count). The number of nitrogens with zero attached hydrogens (tertiary/aromatic N) is 4. The van der Waals surface area contributed by atoms with Gasteiger partial charge >= 0.3 is 5.97 Å². The first-order chi connectivity index (χ1) is 8.16. The average Bonchev–Trinajstić information content (AvgIpc) is 2.68. The lowest BCUT2D eigenvalue weighted by Gasteiger charge is -2.04. The van der Waals surface area contributed by atoms with E-state index in [0.29, 0.717) is 5.56 Å². The zero-order chi connectivity index (χ0) is 12.3. The summed E-state index contributed by atoms with van der Waals surface area (Å²) < 4.78 is 14.6. The third-order valence-corrected chi connectivity index (χ3v) is 2.19. The van der Waals surface area contributed by atoms with Crippen molar-refractivity contribution in [3.05, 3.63) is 41.5 Å². The first-order valence-electron chi connectivity index (χ1n) is 4.87. The molecule has 0 fully saturated rings. The maximum absolute atomic E-state index is 13.4. The van der Waals surface area contributed by atoms with E-state index in [2.05, 4.69) is 15.5 Å². The molecule has 0 aliphatic heterocycles. The van der Waals surface area contributed by atoms with Crippen LogP contribution in [0.1, 0.15) is 11.4 Å². The quantitative estimate of drug-likeness (QED) is 0.835. The third-order valence-electron chi connectivity index (χ3n) is 2.19. The Morgan fingerprint density at radius 1 is 1.41 bits per heavy atom. The lowest BCUT2D eigenvalue weighted by Crippen LogP contribution is -2.12. The standard InChI is InChI=1S/C10H9FN4O2/c11-8-4-2-1-3-7(8)6-15-9(5-10(16)17)12-13-14-15/h1-4H,5-6H2,(H,16,17). The van der Waals surface area contributed by atoms with E-state index in [1.54, 1.807) is 18.2 Å². The minimum atomic E-state index is -1.03. The van der Waals surface area contributed by atoms with Gasteiger partial charge in [0.2, 0.25) is 0 Å². The highest BCUT2D eigenvalue weighted by Gasteiger charge is 2.11. The fraction of sp³-hybridized carbons (Fsp3) is 0.200. The van der Waals surface area contributed by atoms with E-state index in [-0.39, 0.29) is 24.6 Å². The number of rotatable bonds is 4. The number of aliphatic carboxylic acids is 1. The SMILES string of the molecule is O=C(O)Cc1nnnn1Cc1ccccc1F. The molecular weight excluding hydrogens is 227 g/mol. The van der Waals surface area contributed by atoms with Crippen LogP contribution in [0.15, 0.2) is 24.3 Å². The Morgan fingerprint density at radius 3 is 2.88 bits per heavy atom. The molecular formula is C10H9FN4O2. The van der Waals surface area contributed by atoms with Gasteiger partial charge in [0.1, 0.15) is 12.2 Å². The van der Waals surface area contributed by atoms with Crippen molar-refractivity contribution >= 4 is 5.97 Å². The molecule has 1 N–H and O–H groups in total. The molecule has 0 saturated carbocycles. The van der Waals surface area contributed by atoms with Crippen molar-refractivity contribution in [2.45, 2.75) is 13.0 Å². The van der Waals surface area contributed by atoms with Crippen LogP contribution < -0.4 is 0 Å². The van der Waals surface area contributed by atoms with Crippen molar-refractivity contribution in [2.75, 3.05) is 0 Å². The second-order valence-corrected chi connectivity index (χ2v) is 3.41. The first-order valence-corrected chi connectivity index (χ1v) is 4.87. The van der Waals surface area contributed by atoms with Crippen LogP contribution >= 0.6 is 0 Å². The van der Waals surface area contributed by atoms with Gasteiger partial charge in [-0.2, -0.15) is 0 Å². The topological polar surface area (TPSA) is 80.9 Å². The normalized spacial score (nSPS) is 10.4. The van der Waals surface area contributed by atoms with Gasteiger partial charge < -0.3 is 5.11 Å². The van der Waals surface area contributed by atoms with E-state index >= 15 is 0 Å². The van der Waals surface area contributed by atoms with E-state index in [9.17, 15) is 9.18 Å². The van der Waals surface area contributed by atoms with E-state index in [1.807, 2.05) is 0 Å². The molecule has 0 bridgehead atoms. The minimum absolute atomic E-state index is 0.113. The summed E-state index contributed by atoms with van der Waals surface area (Å²) in [6.07, 6.45) is -0.290. The maximum Gasteiger partial charge on any atom is 0.311 e. The molecule has 88 valence electrons. The summed E-state index contributed by atoms with van der Waals surface area (Å²) in [5.41, 5.74) is 0.409. The van der Waals surface area contributed by atoms with Crippen LogP contribution in [0.4, 0.5) is 4.39 Å². The number of carboxylic acids is 1. The van der Waals surface area contributed by atoms with Gasteiger partial charge in [0, 0.05) is 5.56 Å². The smallest absolute Gasteiger partial charge is 0.311 e. The average molecular weight is 236 g/mol. The van der Waals surface area contributed by atoms with Gasteiger partial charge in [0.05, 0.1) is 6.54 Å². The van der Waals surface area contributed by atoms with E-state index in [0.717, 1.165) is 0 Å². The molecule has 0 atom stereocenters. The molecule has 7 heteroatoms. The van der Waals surface area contributed by atoms with Gasteiger partial charge in [-0.15, -0.1) is 5.10 Å². The molecule has 0 aliphatic carbocycles. The van der Waals surface area contributed by atoms with Crippen molar-refractivity contribution in [2.24, 2.45) is 0 Å². The van der Waals surface area contributed by atoms with Crippen molar-refractivity contribution in [3.63, 3.8) is 0 Å². The van der Waals surface area contributed by atoms with Crippen LogP contribution in [0.5, 0.6) is 0 Å². The predicted octanol–water partition coefficient (Wildman–Crippen LogP) is 0.488. The van der Waals surface area contributed by atoms with Gasteiger partial charge in [-0.05, 0) is 16.5 Å². The van der Waals surface area contributed by atoms with Gasteiger partial charge in [0.25, 0.3) is 0 Å². The number of carboxylic acid groups (broad SMARTS) is 1. The Balaban J connectivity index is 2.22. The fourth-order valence-electron chi connectivity index (χ4n) is 1.40. The summed E-state index contributed by atoms with van der Waals surface area (Å²) in [5, 5.41) is 19.2. The molecule has 2 aromatic rings. The summed E-state index contributed by atoms with van der Waals surface area (Å²) >= 11 is 0. The highest BCUT2D eigenvalue weighted by molar-refractivity contribution is 5.68. The first kappa shape index (κ1) is 11.2. The molecule has 1 heterocycles. The van der Waals surface area contributed by atoms with E-state index in [1.165, 1.54) is 10.7 Å². The van der Waals surface area contributed by atoms with E-state index in [4.69, 9.17) is 5.11 Å². The Labute approximate surface area is 95.7 Å². The summed E-state index contributed by atoms with van der Waals surface area (Å²) in [6.45, 7) is 0.113. The van der Waals surface area contributed by atoms with Crippen molar-refractivity contribution in [1.82, 2.24) is 20.2 Å². The lowest BCUT2D eigenvalue weighted by molar-refractivity contribution is -0.136. The number of aromatic nitrogens is 4. The zero-order valence-corrected chi connectivity index (χ0v) is 8.75. The van der Waals surface area contributed by atoms with Gasteiger partial charge in [-0.25, -0.2) is 9.07 Å². The van der Waals surface area contributed by atoms with Gasteiger partial charge in [-0.1, -0.05) is 18.2 Å². The monoisotopic (exact) mass is 236 g/mol. The number of benzene rings is 1. The molecule has 0 radical (unpaired) electrons. The second-order valence-electron chi connectivity index (χ2n) is 3.41. The molecule has 0 unspecified atom stereocenters. The minimum Gasteiger partial charge on any atom is -0.481 e. The molecule has 1 aromatic carbocycles. The zero-order valence-electron chi connectivity index (χ0n) is 8.75. The Bertz CT molecular complexity index is 541. The number of tetrazole rings is 1. The number of hydrogen-bond donors (Lipinski definition) is 1. The molecule has 17 heavy (non-hydrogen) atoms. The summed E-state index contributed by atoms with van der Waals surface area (Å²) in [7, 11) is 0. The van der Waals surface area contributed by atoms with Gasteiger partial charge in [0.15, 0.2) is 5.82 Å². The molecule has 6 nitrogen and oxygen atoms in total. The van der Waals surface area contributed by atoms with Crippen LogP contribution in [-0.2, 0) is 17.8 Å². The summed E-state index contributed by atoms with van der Waals surface area (Å²) in [4.78, 5) is 10.6. The lowest BCUT2D eigenvalue weighted by atomic mass is 10.2. The van der Waals surface area contributed by atoms with Crippen molar-refractivity contribution < 1.29 is 14.3 Å². The van der Waals surface area contributed by atoms with Crippen LogP contribution in [0.2, 0.25) is 0 Å². The second kappa shape index (κ2) is 4.69. The third kappa shape index (κ3) is 2.63. The van der Waals surface area contributed by atoms with Crippen molar-refractivity contribution in [3.8, 4) is 0 Å². The number of halogens is 1. The number of hydrogen-bond acceptors (Lipinski definition) is 4. The van der Waals surface area contributed by atoms with E-state index < -0.39 is 5.97 Å². The molecule has 0 amide bonds. The highest BCUT2D eigenvalue weighted by Crippen LogP contribution is 2.08. The summed E-state index contributed by atoms with van der Waals surface area (Å²) in [6, 6.07) is 6.20. The largest absolute Gasteiger partial charge is 0.481 e. The Morgan fingerprint density at radius 2 is 2.18 bits per heavy atom. The Kier molecular flexibility index (Phi) is 3.08. The summed E-state index contributed by atoms with van der Waals surface area (Å²) in [5.74, 6) is -1.21.